The maximum atomic E-state index is 14.2. The molecule has 7 nitrogen and oxygen atoms in total. The molecular weight excluding hydrogens is 520 g/mol. The third kappa shape index (κ3) is 6.14. The Bertz CT molecular complexity index is 1420. The number of ketones is 2. The van der Waals surface area contributed by atoms with E-state index in [0.717, 1.165) is 5.56 Å². The van der Waals surface area contributed by atoms with E-state index in [1.54, 1.807) is 18.2 Å². The van der Waals surface area contributed by atoms with Crippen LogP contribution in [0.15, 0.2) is 42.5 Å². The molecule has 1 unspecified atom stereocenters. The molecule has 4 rings (SSSR count). The number of aliphatic hydroxyl groups excluding tert-OH is 1. The zero-order valence-electron chi connectivity index (χ0n) is 23.1. The van der Waals surface area contributed by atoms with Crippen LogP contribution in [0.3, 0.4) is 0 Å². The summed E-state index contributed by atoms with van der Waals surface area (Å²) in [7, 11) is 1.45. The van der Waals surface area contributed by atoms with Crippen LogP contribution in [-0.4, -0.2) is 48.6 Å². The van der Waals surface area contributed by atoms with Crippen molar-refractivity contribution in [1.29, 1.82) is 0 Å². The average Bonchev–Trinajstić information content (AvgIpc) is 2.94. The van der Waals surface area contributed by atoms with Crippen molar-refractivity contribution in [2.75, 3.05) is 26.9 Å². The third-order valence-electron chi connectivity index (χ3n) is 7.07. The minimum absolute atomic E-state index is 0.0626. The number of benzene rings is 2. The third-order valence-corrected chi connectivity index (χ3v) is 7.07. The van der Waals surface area contributed by atoms with E-state index in [2.05, 4.69) is 4.98 Å². The zero-order valence-corrected chi connectivity index (χ0v) is 23.1. The van der Waals surface area contributed by atoms with Gasteiger partial charge in [0.15, 0.2) is 23.1 Å². The van der Waals surface area contributed by atoms with E-state index in [1.165, 1.54) is 38.3 Å². The molecule has 1 atom stereocenters. The standard InChI is InChI=1S/C31H33F2NO6/c1-18(32)21-15-20(5-7-23(21)33)29-30-22(31(2,3)11-13-40-30)17-24(34-29)26(37)9-8-25(36)19-6-10-27(39-14-12-35)28(16-19)38-4/h5-7,10,15-18,35H,8-9,11-14H2,1-4H3. The Morgan fingerprint density at radius 1 is 1.10 bits per heavy atom. The molecule has 0 fully saturated rings. The van der Waals surface area contributed by atoms with E-state index in [-0.39, 0.29) is 54.3 Å². The number of halogens is 2. The average molecular weight is 554 g/mol. The summed E-state index contributed by atoms with van der Waals surface area (Å²) in [4.78, 5) is 30.9. The van der Waals surface area contributed by atoms with Crippen LogP contribution in [0.1, 0.15) is 78.2 Å². The minimum Gasteiger partial charge on any atom is -0.493 e. The largest absolute Gasteiger partial charge is 0.493 e. The molecule has 2 heterocycles. The number of ether oxygens (including phenoxy) is 3. The molecular formula is C31H33F2NO6. The number of aliphatic hydroxyl groups is 1. The Balaban J connectivity index is 1.63. The monoisotopic (exact) mass is 553 g/mol. The molecule has 0 radical (unpaired) electrons. The Hall–Kier alpha value is -3.85. The van der Waals surface area contributed by atoms with E-state index < -0.39 is 12.0 Å². The van der Waals surface area contributed by atoms with Gasteiger partial charge in [0.2, 0.25) is 0 Å². The zero-order chi connectivity index (χ0) is 29.0. The van der Waals surface area contributed by atoms with E-state index in [1.807, 2.05) is 13.8 Å². The maximum absolute atomic E-state index is 14.2. The molecule has 212 valence electrons. The summed E-state index contributed by atoms with van der Waals surface area (Å²) in [6.07, 6.45) is -0.969. The van der Waals surface area contributed by atoms with Gasteiger partial charge in [0, 0.05) is 35.1 Å². The number of nitrogens with zero attached hydrogens (tertiary/aromatic N) is 1. The Morgan fingerprint density at radius 3 is 2.55 bits per heavy atom. The van der Waals surface area contributed by atoms with Crippen LogP contribution in [0.5, 0.6) is 17.2 Å². The van der Waals surface area contributed by atoms with E-state index in [9.17, 15) is 18.4 Å². The second-order valence-corrected chi connectivity index (χ2v) is 10.4. The van der Waals surface area contributed by atoms with E-state index in [4.69, 9.17) is 19.3 Å². The molecule has 1 aliphatic heterocycles. The number of hydrogen-bond acceptors (Lipinski definition) is 7. The lowest BCUT2D eigenvalue weighted by molar-refractivity contribution is 0.0914. The van der Waals surface area contributed by atoms with Crippen molar-refractivity contribution in [3.63, 3.8) is 0 Å². The summed E-state index contributed by atoms with van der Waals surface area (Å²) in [6.45, 7) is 5.70. The van der Waals surface area contributed by atoms with Crippen LogP contribution in [0.25, 0.3) is 11.3 Å². The van der Waals surface area contributed by atoms with Crippen molar-refractivity contribution in [3.8, 4) is 28.5 Å². The Morgan fingerprint density at radius 2 is 1.85 bits per heavy atom. The lowest BCUT2D eigenvalue weighted by Gasteiger charge is -2.33. The number of Topliss-reactive ketones (excluding diaryl/α,β-unsaturated/α-hetero) is 2. The molecule has 0 spiro atoms. The van der Waals surface area contributed by atoms with Crippen molar-refractivity contribution in [2.24, 2.45) is 0 Å². The van der Waals surface area contributed by atoms with Crippen molar-refractivity contribution in [1.82, 2.24) is 4.98 Å². The highest BCUT2D eigenvalue weighted by atomic mass is 19.1. The van der Waals surface area contributed by atoms with Crippen LogP contribution in [0.4, 0.5) is 8.78 Å². The SMILES string of the molecule is COc1cc(C(=O)CCC(=O)c2cc3c(c(-c4ccc(F)c(C(C)F)c4)n2)OCCC3(C)C)ccc1OCCO. The molecule has 0 bridgehead atoms. The molecule has 2 aromatic carbocycles. The summed E-state index contributed by atoms with van der Waals surface area (Å²) in [5.41, 5.74) is 1.64. The van der Waals surface area contributed by atoms with Gasteiger partial charge in [-0.2, -0.15) is 0 Å². The quantitative estimate of drug-likeness (QED) is 0.282. The summed E-state index contributed by atoms with van der Waals surface area (Å²) >= 11 is 0. The fourth-order valence-electron chi connectivity index (χ4n) is 4.67. The van der Waals surface area contributed by atoms with Crippen LogP contribution < -0.4 is 14.2 Å². The fourth-order valence-corrected chi connectivity index (χ4v) is 4.67. The van der Waals surface area contributed by atoms with Gasteiger partial charge in [0.05, 0.1) is 20.3 Å². The number of fused-ring (bicyclic) bond motifs is 1. The fraction of sp³-hybridized carbons (Fsp3) is 0.387. The highest BCUT2D eigenvalue weighted by Crippen LogP contribution is 2.44. The normalized spacial score (nSPS) is 14.6. The molecule has 0 saturated heterocycles. The summed E-state index contributed by atoms with van der Waals surface area (Å²) in [6, 6.07) is 10.5. The van der Waals surface area contributed by atoms with Crippen molar-refractivity contribution in [2.45, 2.75) is 51.6 Å². The lowest BCUT2D eigenvalue weighted by Crippen LogP contribution is -2.28. The summed E-state index contributed by atoms with van der Waals surface area (Å²) in [5, 5.41) is 8.98. The van der Waals surface area contributed by atoms with Gasteiger partial charge in [-0.15, -0.1) is 0 Å². The van der Waals surface area contributed by atoms with Gasteiger partial charge in [-0.05, 0) is 61.2 Å². The number of carbonyl (C=O) groups is 2. The topological polar surface area (TPSA) is 95.0 Å². The van der Waals surface area contributed by atoms with Crippen LogP contribution in [0, 0.1) is 5.82 Å². The van der Waals surface area contributed by atoms with E-state index in [0.29, 0.717) is 47.1 Å². The van der Waals surface area contributed by atoms with Crippen LogP contribution in [0.2, 0.25) is 0 Å². The number of methoxy groups -OCH3 is 1. The molecule has 0 amide bonds. The Labute approximate surface area is 232 Å². The Kier molecular flexibility index (Phi) is 8.83. The van der Waals surface area contributed by atoms with Crippen LogP contribution in [-0.2, 0) is 5.41 Å². The second-order valence-electron chi connectivity index (χ2n) is 10.4. The lowest BCUT2D eigenvalue weighted by atomic mass is 9.79. The van der Waals surface area contributed by atoms with Gasteiger partial charge < -0.3 is 19.3 Å². The predicted octanol–water partition coefficient (Wildman–Crippen LogP) is 6.20. The molecule has 1 aromatic heterocycles. The smallest absolute Gasteiger partial charge is 0.181 e. The maximum Gasteiger partial charge on any atom is 0.181 e. The second kappa shape index (κ2) is 12.1. The van der Waals surface area contributed by atoms with Crippen LogP contribution >= 0.6 is 0 Å². The first kappa shape index (κ1) is 29.1. The van der Waals surface area contributed by atoms with Gasteiger partial charge in [0.1, 0.15) is 35.7 Å². The first-order valence-corrected chi connectivity index (χ1v) is 13.2. The highest BCUT2D eigenvalue weighted by Gasteiger charge is 2.33. The molecule has 1 N–H and O–H groups in total. The molecule has 0 aliphatic carbocycles. The molecule has 3 aromatic rings. The van der Waals surface area contributed by atoms with E-state index >= 15 is 0 Å². The van der Waals surface area contributed by atoms with Gasteiger partial charge in [0.25, 0.3) is 0 Å². The van der Waals surface area contributed by atoms with Gasteiger partial charge in [-0.25, -0.2) is 13.8 Å². The number of hydrogen-bond donors (Lipinski definition) is 1. The van der Waals surface area contributed by atoms with Gasteiger partial charge in [-0.1, -0.05) is 13.8 Å². The molecule has 1 aliphatic rings. The predicted molar refractivity (Wildman–Crippen MR) is 146 cm³/mol. The number of pyridine rings is 1. The highest BCUT2D eigenvalue weighted by molar-refractivity contribution is 6.02. The number of alkyl halides is 1. The molecule has 0 saturated carbocycles. The summed E-state index contributed by atoms with van der Waals surface area (Å²) < 4.78 is 45.0. The first-order chi connectivity index (χ1) is 19.1. The summed E-state index contributed by atoms with van der Waals surface area (Å²) in [5.74, 6) is -0.0362. The number of rotatable bonds is 11. The number of carbonyl (C=O) groups excluding carboxylic acids is 2. The van der Waals surface area contributed by atoms with Gasteiger partial charge >= 0.3 is 0 Å². The molecule has 40 heavy (non-hydrogen) atoms. The minimum atomic E-state index is -1.53. The molecule has 9 heteroatoms. The van der Waals surface area contributed by atoms with Gasteiger partial charge in [-0.3, -0.25) is 9.59 Å². The van der Waals surface area contributed by atoms with Crippen molar-refractivity contribution in [3.05, 3.63) is 70.7 Å². The van der Waals surface area contributed by atoms with Crippen molar-refractivity contribution >= 4 is 11.6 Å². The first-order valence-electron chi connectivity index (χ1n) is 13.2. The van der Waals surface area contributed by atoms with Crippen molar-refractivity contribution < 1.29 is 37.7 Å². The number of aromatic nitrogens is 1.